The van der Waals surface area contributed by atoms with Crippen LogP contribution in [-0.2, 0) is 14.3 Å². The molecule has 26 heavy (non-hydrogen) atoms. The van der Waals surface area contributed by atoms with Gasteiger partial charge in [-0.1, -0.05) is 20.3 Å². The van der Waals surface area contributed by atoms with Crippen LogP contribution in [0.15, 0.2) is 24.3 Å². The molecule has 0 spiro atoms. The molecule has 146 valence electrons. The van der Waals surface area contributed by atoms with E-state index in [9.17, 15) is 4.79 Å². The highest BCUT2D eigenvalue weighted by molar-refractivity contribution is 5.97. The molecule has 1 aromatic carbocycles. The van der Waals surface area contributed by atoms with E-state index >= 15 is 0 Å². The fourth-order valence-electron chi connectivity index (χ4n) is 3.45. The second-order valence-electron chi connectivity index (χ2n) is 7.07. The van der Waals surface area contributed by atoms with Crippen molar-refractivity contribution in [2.75, 3.05) is 31.7 Å². The normalized spacial score (nSPS) is 22.8. The largest absolute Gasteiger partial charge is 0.491 e. The van der Waals surface area contributed by atoms with Gasteiger partial charge < -0.3 is 19.5 Å². The van der Waals surface area contributed by atoms with E-state index in [0.29, 0.717) is 32.3 Å². The lowest BCUT2D eigenvalue weighted by Crippen LogP contribution is -2.48. The number of carbonyl (C=O) groups excluding carboxylic acids is 1. The Balaban J connectivity index is 1.95. The van der Waals surface area contributed by atoms with Crippen molar-refractivity contribution < 1.29 is 19.0 Å². The van der Waals surface area contributed by atoms with Crippen LogP contribution in [0.5, 0.6) is 5.75 Å². The molecule has 1 fully saturated rings. The summed E-state index contributed by atoms with van der Waals surface area (Å²) in [6.07, 6.45) is 4.69. The number of hydrogen-bond donors (Lipinski definition) is 1. The fraction of sp³-hybridized carbons (Fsp3) is 0.667. The van der Waals surface area contributed by atoms with Crippen LogP contribution >= 0.6 is 0 Å². The van der Waals surface area contributed by atoms with Crippen LogP contribution in [0.25, 0.3) is 0 Å². The van der Waals surface area contributed by atoms with E-state index in [1.54, 1.807) is 0 Å². The molecule has 5 heteroatoms. The molecule has 0 saturated heterocycles. The fourth-order valence-corrected chi connectivity index (χ4v) is 3.45. The molecule has 0 aliphatic heterocycles. The highest BCUT2D eigenvalue weighted by Crippen LogP contribution is 2.36. The van der Waals surface area contributed by atoms with E-state index in [1.807, 2.05) is 31.2 Å². The number of hydrogen-bond acceptors (Lipinski definition) is 4. The van der Waals surface area contributed by atoms with Gasteiger partial charge in [0.15, 0.2) is 0 Å². The molecule has 1 amide bonds. The SMILES string of the molecule is CCCO[C@@]1(C(=O)Nc2ccc(OCCOCC)cc2)CCC[C@@H](C)C1. The molecule has 1 aliphatic rings. The number of benzene rings is 1. The lowest BCUT2D eigenvalue weighted by molar-refractivity contribution is -0.148. The first-order valence-electron chi connectivity index (χ1n) is 9.85. The first-order valence-corrected chi connectivity index (χ1v) is 9.85. The molecular formula is C21H33NO4. The summed E-state index contributed by atoms with van der Waals surface area (Å²) < 4.78 is 16.9. The topological polar surface area (TPSA) is 56.8 Å². The van der Waals surface area contributed by atoms with Gasteiger partial charge in [-0.3, -0.25) is 4.79 Å². The summed E-state index contributed by atoms with van der Waals surface area (Å²) in [5.41, 5.74) is 0.0743. The maximum absolute atomic E-state index is 13.0. The molecule has 1 aromatic rings. The number of nitrogens with one attached hydrogen (secondary N) is 1. The molecule has 0 unspecified atom stereocenters. The molecule has 0 radical (unpaired) electrons. The maximum Gasteiger partial charge on any atom is 0.256 e. The van der Waals surface area contributed by atoms with Gasteiger partial charge in [0, 0.05) is 18.9 Å². The number of amides is 1. The standard InChI is InChI=1S/C21H33NO4/c1-4-13-26-21(12-6-7-17(3)16-21)20(23)22-18-8-10-19(11-9-18)25-15-14-24-5-2/h8-11,17H,4-7,12-16H2,1-3H3,(H,22,23)/t17-,21+/m1/s1. The van der Waals surface area contributed by atoms with Gasteiger partial charge in [-0.05, 0) is 62.8 Å². The van der Waals surface area contributed by atoms with Crippen LogP contribution in [0, 0.1) is 5.92 Å². The van der Waals surface area contributed by atoms with Crippen LogP contribution in [0.1, 0.15) is 52.9 Å². The van der Waals surface area contributed by atoms with Gasteiger partial charge in [-0.15, -0.1) is 0 Å². The molecule has 1 N–H and O–H groups in total. The first kappa shape index (κ1) is 20.7. The van der Waals surface area contributed by atoms with Gasteiger partial charge in [0.2, 0.25) is 0 Å². The summed E-state index contributed by atoms with van der Waals surface area (Å²) in [5, 5.41) is 3.04. The minimum Gasteiger partial charge on any atom is -0.491 e. The Morgan fingerprint density at radius 1 is 1.19 bits per heavy atom. The van der Waals surface area contributed by atoms with Crippen molar-refractivity contribution in [2.45, 2.75) is 58.5 Å². The third-order valence-electron chi connectivity index (χ3n) is 4.76. The molecular weight excluding hydrogens is 330 g/mol. The quantitative estimate of drug-likeness (QED) is 0.625. The molecule has 1 saturated carbocycles. The third-order valence-corrected chi connectivity index (χ3v) is 4.76. The van der Waals surface area contributed by atoms with E-state index in [-0.39, 0.29) is 5.91 Å². The Morgan fingerprint density at radius 2 is 1.96 bits per heavy atom. The lowest BCUT2D eigenvalue weighted by Gasteiger charge is -2.38. The predicted molar refractivity (Wildman–Crippen MR) is 104 cm³/mol. The summed E-state index contributed by atoms with van der Waals surface area (Å²) in [5.74, 6) is 1.25. The van der Waals surface area contributed by atoms with Gasteiger partial charge in [0.05, 0.1) is 6.61 Å². The summed E-state index contributed by atoms with van der Waals surface area (Å²) >= 11 is 0. The van der Waals surface area contributed by atoms with Gasteiger partial charge >= 0.3 is 0 Å². The highest BCUT2D eigenvalue weighted by Gasteiger charge is 2.42. The summed E-state index contributed by atoms with van der Waals surface area (Å²) in [6, 6.07) is 7.47. The minimum absolute atomic E-state index is 0.0254. The molecule has 1 aliphatic carbocycles. The zero-order valence-corrected chi connectivity index (χ0v) is 16.4. The van der Waals surface area contributed by atoms with Crippen LogP contribution in [0.2, 0.25) is 0 Å². The zero-order valence-electron chi connectivity index (χ0n) is 16.4. The molecule has 2 rings (SSSR count). The zero-order chi connectivity index (χ0) is 18.8. The Labute approximate surface area is 157 Å². The van der Waals surface area contributed by atoms with Crippen molar-refractivity contribution in [3.63, 3.8) is 0 Å². The average Bonchev–Trinajstić information content (AvgIpc) is 2.65. The van der Waals surface area contributed by atoms with Crippen molar-refractivity contribution in [1.29, 1.82) is 0 Å². The van der Waals surface area contributed by atoms with E-state index < -0.39 is 5.60 Å². The predicted octanol–water partition coefficient (Wildman–Crippen LogP) is 4.42. The minimum atomic E-state index is -0.694. The molecule has 0 aromatic heterocycles. The van der Waals surface area contributed by atoms with E-state index in [0.717, 1.165) is 43.5 Å². The Kier molecular flexibility index (Phi) is 8.39. The molecule has 0 bridgehead atoms. The van der Waals surface area contributed by atoms with Gasteiger partial charge in [0.1, 0.15) is 18.0 Å². The first-order chi connectivity index (χ1) is 12.6. The van der Waals surface area contributed by atoms with Crippen LogP contribution < -0.4 is 10.1 Å². The van der Waals surface area contributed by atoms with Crippen LogP contribution in [-0.4, -0.2) is 37.9 Å². The van der Waals surface area contributed by atoms with E-state index in [2.05, 4.69) is 19.2 Å². The van der Waals surface area contributed by atoms with E-state index in [4.69, 9.17) is 14.2 Å². The second-order valence-corrected chi connectivity index (χ2v) is 7.07. The highest BCUT2D eigenvalue weighted by atomic mass is 16.5. The number of anilines is 1. The second kappa shape index (κ2) is 10.5. The summed E-state index contributed by atoms with van der Waals surface area (Å²) in [4.78, 5) is 13.0. The monoisotopic (exact) mass is 363 g/mol. The molecule has 2 atom stereocenters. The Bertz CT molecular complexity index is 545. The number of carbonyl (C=O) groups is 1. The summed E-state index contributed by atoms with van der Waals surface area (Å²) in [6.45, 7) is 8.63. The lowest BCUT2D eigenvalue weighted by atomic mass is 9.78. The van der Waals surface area contributed by atoms with Crippen molar-refractivity contribution in [3.8, 4) is 5.75 Å². The number of ether oxygens (including phenoxy) is 3. The van der Waals surface area contributed by atoms with Crippen molar-refractivity contribution in [3.05, 3.63) is 24.3 Å². The third kappa shape index (κ3) is 5.99. The van der Waals surface area contributed by atoms with Gasteiger partial charge in [-0.2, -0.15) is 0 Å². The molecule has 5 nitrogen and oxygen atoms in total. The maximum atomic E-state index is 13.0. The number of rotatable bonds is 10. The average molecular weight is 363 g/mol. The Morgan fingerprint density at radius 3 is 2.62 bits per heavy atom. The Hall–Kier alpha value is -1.59. The van der Waals surface area contributed by atoms with Crippen molar-refractivity contribution in [1.82, 2.24) is 0 Å². The van der Waals surface area contributed by atoms with Gasteiger partial charge in [-0.25, -0.2) is 0 Å². The van der Waals surface area contributed by atoms with Crippen molar-refractivity contribution >= 4 is 11.6 Å². The van der Waals surface area contributed by atoms with Crippen LogP contribution in [0.4, 0.5) is 5.69 Å². The smallest absolute Gasteiger partial charge is 0.256 e. The molecule has 0 heterocycles. The summed E-state index contributed by atoms with van der Waals surface area (Å²) in [7, 11) is 0. The van der Waals surface area contributed by atoms with E-state index in [1.165, 1.54) is 0 Å². The van der Waals surface area contributed by atoms with Crippen LogP contribution in [0.3, 0.4) is 0 Å². The van der Waals surface area contributed by atoms with Crippen molar-refractivity contribution in [2.24, 2.45) is 5.92 Å². The van der Waals surface area contributed by atoms with Gasteiger partial charge in [0.25, 0.3) is 5.91 Å².